The van der Waals surface area contributed by atoms with E-state index in [-0.39, 0.29) is 17.1 Å². The zero-order valence-electron chi connectivity index (χ0n) is 18.6. The molecule has 0 aromatic heterocycles. The largest absolute Gasteiger partial charge is 0.412 e. The van der Waals surface area contributed by atoms with Crippen LogP contribution in [0.3, 0.4) is 0 Å². The van der Waals surface area contributed by atoms with Crippen molar-refractivity contribution in [2.75, 3.05) is 44.9 Å². The van der Waals surface area contributed by atoms with Crippen LogP contribution in [-0.4, -0.2) is 66.4 Å². The molecular weight excluding hydrogens is 379 g/mol. The maximum atomic E-state index is 14.7. The molecule has 6 nitrogen and oxygen atoms in total. The third kappa shape index (κ3) is 5.24. The quantitative estimate of drug-likeness (QED) is 0.776. The normalized spacial score (nSPS) is 26.6. The van der Waals surface area contributed by atoms with Crippen LogP contribution < -0.4 is 11.5 Å². The molecule has 1 atom stereocenters. The molecule has 0 saturated carbocycles. The third-order valence-electron chi connectivity index (χ3n) is 5.30. The molecule has 1 aromatic rings. The first kappa shape index (κ1) is 26.4. The predicted molar refractivity (Wildman–Crippen MR) is 122 cm³/mol. The number of rotatable bonds is 4. The molecule has 0 bridgehead atoms. The summed E-state index contributed by atoms with van der Waals surface area (Å²) in [5.74, 6) is 0.956. The summed E-state index contributed by atoms with van der Waals surface area (Å²) in [7, 11) is 0.724. The molecule has 8 heteroatoms. The van der Waals surface area contributed by atoms with E-state index in [4.69, 9.17) is 5.73 Å². The second-order valence-electron chi connectivity index (χ2n) is 9.73. The fraction of sp³-hybridized carbons (Fsp3) is 0.600. The molecule has 1 aromatic carbocycles. The van der Waals surface area contributed by atoms with Gasteiger partial charge in [0, 0.05) is 31.2 Å². The van der Waals surface area contributed by atoms with E-state index >= 15 is 0 Å². The minimum atomic E-state index is -2.74. The standard InChI is InChI=1S/C19H32FN3OS.CH5N.H2O/c1-8-15(24)11-14-9-10-17(20)16(12-14)19(2)13-25(4,5,6,7)23(3)18(21)22-19;1-2;/h9-10,12H,8,11,13H2,1-7H3,(H2,21,22);2H2,1H3;1H2/t19-;;/m0../s1. The lowest BCUT2D eigenvalue weighted by molar-refractivity contribution is -0.118. The Morgan fingerprint density at radius 1 is 1.29 bits per heavy atom. The van der Waals surface area contributed by atoms with Gasteiger partial charge in [-0.15, -0.1) is 0 Å². The molecule has 0 spiro atoms. The summed E-state index contributed by atoms with van der Waals surface area (Å²) in [5, 5.41) is 0. The second-order valence-corrected chi connectivity index (χ2v) is 19.5. The van der Waals surface area contributed by atoms with Crippen LogP contribution in [-0.2, 0) is 16.8 Å². The molecule has 0 unspecified atom stereocenters. The highest BCUT2D eigenvalue weighted by Gasteiger charge is 2.55. The van der Waals surface area contributed by atoms with Crippen LogP contribution in [0.25, 0.3) is 0 Å². The van der Waals surface area contributed by atoms with E-state index in [0.717, 1.165) is 5.56 Å². The fourth-order valence-electron chi connectivity index (χ4n) is 3.73. The van der Waals surface area contributed by atoms with Crippen LogP contribution in [0, 0.1) is 5.82 Å². The number of carbonyl (C=O) groups is 1. The first-order valence-electron chi connectivity index (χ1n) is 9.09. The summed E-state index contributed by atoms with van der Waals surface area (Å²) in [6, 6.07) is 4.92. The number of halogens is 1. The van der Waals surface area contributed by atoms with Gasteiger partial charge >= 0.3 is 0 Å². The summed E-state index contributed by atoms with van der Waals surface area (Å²) >= 11 is 0. The van der Waals surface area contributed by atoms with Gasteiger partial charge in [-0.3, -0.25) is 4.79 Å². The molecule has 0 saturated heterocycles. The first-order chi connectivity index (χ1) is 12.1. The molecule has 6 N–H and O–H groups in total. The molecule has 1 aliphatic rings. The highest BCUT2D eigenvalue weighted by molar-refractivity contribution is 8.61. The Hall–Kier alpha value is -1.64. The molecule has 164 valence electrons. The van der Waals surface area contributed by atoms with Crippen LogP contribution in [0.15, 0.2) is 23.2 Å². The van der Waals surface area contributed by atoms with Gasteiger partial charge in [-0.05, 0) is 56.7 Å². The number of benzene rings is 1. The number of carbonyl (C=O) groups excluding carboxylic acids is 1. The van der Waals surface area contributed by atoms with E-state index in [1.54, 1.807) is 12.1 Å². The van der Waals surface area contributed by atoms with Crippen molar-refractivity contribution in [2.24, 2.45) is 16.5 Å². The Kier molecular flexibility index (Phi) is 7.20. The van der Waals surface area contributed by atoms with E-state index < -0.39 is 14.0 Å². The molecule has 0 radical (unpaired) electrons. The van der Waals surface area contributed by atoms with E-state index in [9.17, 15) is 9.18 Å². The fourth-order valence-corrected chi connectivity index (χ4v) is 7.56. The van der Waals surface area contributed by atoms with Crippen molar-refractivity contribution < 1.29 is 14.7 Å². The number of aliphatic imine (C=N–C) groups is 1. The average Bonchev–Trinajstić information content (AvgIpc) is 2.54. The molecular formula is C20H39FN4O2S. The van der Waals surface area contributed by atoms with E-state index in [1.165, 1.54) is 13.1 Å². The van der Waals surface area contributed by atoms with Crippen LogP contribution in [0.5, 0.6) is 0 Å². The number of guanidine groups is 1. The van der Waals surface area contributed by atoms with Crippen molar-refractivity contribution in [2.45, 2.75) is 32.2 Å². The number of Topliss-reactive ketones (excluding diaryl/α,β-unsaturated/α-hetero) is 1. The summed E-state index contributed by atoms with van der Waals surface area (Å²) in [4.78, 5) is 16.5. The smallest absolute Gasteiger partial charge is 0.199 e. The lowest BCUT2D eigenvalue weighted by Gasteiger charge is -2.78. The van der Waals surface area contributed by atoms with Gasteiger partial charge in [0.25, 0.3) is 0 Å². The van der Waals surface area contributed by atoms with E-state index in [0.29, 0.717) is 30.1 Å². The average molecular weight is 419 g/mol. The van der Waals surface area contributed by atoms with Crippen LogP contribution in [0.1, 0.15) is 31.4 Å². The first-order valence-corrected chi connectivity index (χ1v) is 13.3. The zero-order valence-corrected chi connectivity index (χ0v) is 19.4. The predicted octanol–water partition coefficient (Wildman–Crippen LogP) is 1.88. The Labute approximate surface area is 168 Å². The molecule has 0 aliphatic carbocycles. The summed E-state index contributed by atoms with van der Waals surface area (Å²) in [6.45, 7) is 3.78. The molecule has 0 amide bonds. The Morgan fingerprint density at radius 2 is 1.82 bits per heavy atom. The Morgan fingerprint density at radius 3 is 2.29 bits per heavy atom. The van der Waals surface area contributed by atoms with Gasteiger partial charge in [0.15, 0.2) is 5.96 Å². The topological polar surface area (TPSA) is 116 Å². The Bertz CT molecular complexity index is 773. The minimum Gasteiger partial charge on any atom is -0.412 e. The number of nitrogens with two attached hydrogens (primary N) is 2. The van der Waals surface area contributed by atoms with Crippen LogP contribution in [0.2, 0.25) is 0 Å². The van der Waals surface area contributed by atoms with Crippen LogP contribution in [0.4, 0.5) is 4.39 Å². The van der Waals surface area contributed by atoms with Gasteiger partial charge in [-0.1, -0.05) is 13.0 Å². The molecule has 2 rings (SSSR count). The number of nitrogens with zero attached hydrogens (tertiary/aromatic N) is 2. The molecule has 1 heterocycles. The molecule has 1 aliphatic heterocycles. The second kappa shape index (κ2) is 7.65. The van der Waals surface area contributed by atoms with Gasteiger partial charge in [0.2, 0.25) is 0 Å². The van der Waals surface area contributed by atoms with E-state index in [1.807, 2.05) is 20.9 Å². The van der Waals surface area contributed by atoms with Crippen molar-refractivity contribution in [3.63, 3.8) is 0 Å². The molecule has 0 fully saturated rings. The number of ketones is 1. The SMILES string of the molecule is CCC(=O)Cc1ccc(F)c([C@]2(C)CS(C)(C)(C)(C)N(C)C(N)=N2)c1.CN.O. The van der Waals surface area contributed by atoms with Gasteiger partial charge in [-0.25, -0.2) is 17.9 Å². The molecule has 28 heavy (non-hydrogen) atoms. The lowest BCUT2D eigenvalue weighted by Crippen LogP contribution is -2.61. The minimum absolute atomic E-state index is 0. The number of hydrogen-bond donors (Lipinski definition) is 2. The summed E-state index contributed by atoms with van der Waals surface area (Å²) in [6.07, 6.45) is 9.69. The van der Waals surface area contributed by atoms with Gasteiger partial charge in [0.1, 0.15) is 11.6 Å². The van der Waals surface area contributed by atoms with Crippen molar-refractivity contribution in [3.05, 3.63) is 35.1 Å². The Balaban J connectivity index is 0.00000235. The summed E-state index contributed by atoms with van der Waals surface area (Å²) < 4.78 is 16.8. The van der Waals surface area contributed by atoms with Crippen molar-refractivity contribution >= 4 is 20.2 Å². The maximum Gasteiger partial charge on any atom is 0.199 e. The number of hydrogen-bond acceptors (Lipinski definition) is 5. The third-order valence-corrected chi connectivity index (χ3v) is 9.91. The van der Waals surface area contributed by atoms with Crippen molar-refractivity contribution in [3.8, 4) is 0 Å². The maximum absolute atomic E-state index is 14.7. The highest BCUT2D eigenvalue weighted by atomic mass is 32.4. The lowest BCUT2D eigenvalue weighted by atomic mass is 9.91. The van der Waals surface area contributed by atoms with Gasteiger partial charge in [0.05, 0.1) is 5.54 Å². The highest BCUT2D eigenvalue weighted by Crippen LogP contribution is 2.83. The van der Waals surface area contributed by atoms with Crippen molar-refractivity contribution in [1.82, 2.24) is 4.31 Å². The zero-order chi connectivity index (χ0) is 21.3. The van der Waals surface area contributed by atoms with Gasteiger partial charge < -0.3 is 21.2 Å². The monoisotopic (exact) mass is 418 g/mol. The summed E-state index contributed by atoms with van der Waals surface area (Å²) in [5.41, 5.74) is 11.3. The van der Waals surface area contributed by atoms with Crippen LogP contribution >= 0.6 is 8.48 Å². The van der Waals surface area contributed by atoms with Gasteiger partial charge in [-0.2, -0.15) is 0 Å². The van der Waals surface area contributed by atoms with Crippen molar-refractivity contribution in [1.29, 1.82) is 0 Å². The van der Waals surface area contributed by atoms with E-state index in [2.05, 4.69) is 40.1 Å².